The normalized spacial score (nSPS) is 21.9. The van der Waals surface area contributed by atoms with Crippen molar-refractivity contribution in [3.63, 3.8) is 0 Å². The van der Waals surface area contributed by atoms with Crippen LogP contribution >= 0.6 is 0 Å². The second-order valence-corrected chi connectivity index (χ2v) is 6.94. The first-order chi connectivity index (χ1) is 11.7. The molecule has 1 aliphatic heterocycles. The summed E-state index contributed by atoms with van der Waals surface area (Å²) in [5, 5.41) is 7.52. The Kier molecular flexibility index (Phi) is 3.78. The molecule has 2 fully saturated rings. The Bertz CT molecular complexity index is 724. The van der Waals surface area contributed by atoms with Crippen LogP contribution in [0.2, 0.25) is 0 Å². The van der Waals surface area contributed by atoms with Gasteiger partial charge < -0.3 is 4.90 Å². The van der Waals surface area contributed by atoms with Gasteiger partial charge in [0, 0.05) is 37.8 Å². The van der Waals surface area contributed by atoms with E-state index >= 15 is 0 Å². The van der Waals surface area contributed by atoms with E-state index < -0.39 is 0 Å². The molecule has 126 valence electrons. The number of H-pyrrole nitrogens is 1. The number of rotatable bonds is 4. The zero-order valence-corrected chi connectivity index (χ0v) is 13.9. The summed E-state index contributed by atoms with van der Waals surface area (Å²) in [4.78, 5) is 27.5. The lowest BCUT2D eigenvalue weighted by Gasteiger charge is -2.41. The van der Waals surface area contributed by atoms with Gasteiger partial charge in [0.1, 0.15) is 11.5 Å². The molecule has 1 saturated heterocycles. The van der Waals surface area contributed by atoms with Crippen LogP contribution in [-0.4, -0.2) is 49.0 Å². The van der Waals surface area contributed by atoms with Gasteiger partial charge in [-0.1, -0.05) is 13.3 Å². The van der Waals surface area contributed by atoms with Crippen LogP contribution in [0.4, 0.5) is 0 Å². The molecule has 1 saturated carbocycles. The zero-order chi connectivity index (χ0) is 16.6. The summed E-state index contributed by atoms with van der Waals surface area (Å²) in [6.45, 7) is 3.57. The number of carbonyl (C=O) groups excluding carboxylic acids is 1. The summed E-state index contributed by atoms with van der Waals surface area (Å²) in [6.07, 6.45) is 10.1. The number of aromatic amines is 1. The van der Waals surface area contributed by atoms with E-state index in [1.165, 1.54) is 12.6 Å². The summed E-state index contributed by atoms with van der Waals surface area (Å²) in [6, 6.07) is 0. The Balaban J connectivity index is 1.57. The lowest BCUT2D eigenvalue weighted by atomic mass is 9.62. The molecule has 2 aromatic rings. The van der Waals surface area contributed by atoms with Crippen molar-refractivity contribution in [3.05, 3.63) is 35.9 Å². The SMILES string of the molecule is CCCc1nc(C2CN(C(=O)c3cnccn3)CC23CCC3)n[nH]1. The Labute approximate surface area is 140 Å². The van der Waals surface area contributed by atoms with Crippen molar-refractivity contribution in [2.75, 3.05) is 13.1 Å². The van der Waals surface area contributed by atoms with E-state index in [1.54, 1.807) is 12.4 Å². The Morgan fingerprint density at radius 3 is 2.96 bits per heavy atom. The van der Waals surface area contributed by atoms with Gasteiger partial charge in [0.2, 0.25) is 0 Å². The van der Waals surface area contributed by atoms with Gasteiger partial charge in [-0.05, 0) is 24.7 Å². The summed E-state index contributed by atoms with van der Waals surface area (Å²) in [5.74, 6) is 1.99. The lowest BCUT2D eigenvalue weighted by Crippen LogP contribution is -2.38. The molecule has 1 spiro atoms. The maximum absolute atomic E-state index is 12.7. The second kappa shape index (κ2) is 5.96. The Morgan fingerprint density at radius 2 is 2.29 bits per heavy atom. The third-order valence-corrected chi connectivity index (χ3v) is 5.41. The molecule has 24 heavy (non-hydrogen) atoms. The van der Waals surface area contributed by atoms with E-state index in [1.807, 2.05) is 4.90 Å². The number of carbonyl (C=O) groups is 1. The molecule has 3 heterocycles. The van der Waals surface area contributed by atoms with Crippen molar-refractivity contribution in [1.82, 2.24) is 30.0 Å². The summed E-state index contributed by atoms with van der Waals surface area (Å²) < 4.78 is 0. The van der Waals surface area contributed by atoms with Crippen LogP contribution in [0.3, 0.4) is 0 Å². The van der Waals surface area contributed by atoms with E-state index in [2.05, 4.69) is 27.1 Å². The van der Waals surface area contributed by atoms with Crippen LogP contribution in [0, 0.1) is 5.41 Å². The summed E-state index contributed by atoms with van der Waals surface area (Å²) in [5.41, 5.74) is 0.554. The smallest absolute Gasteiger partial charge is 0.274 e. The van der Waals surface area contributed by atoms with Crippen LogP contribution in [0.5, 0.6) is 0 Å². The third kappa shape index (κ3) is 2.48. The molecule has 2 aromatic heterocycles. The number of likely N-dealkylation sites (tertiary alicyclic amines) is 1. The number of aryl methyl sites for hydroxylation is 1. The quantitative estimate of drug-likeness (QED) is 0.928. The number of hydrogen-bond donors (Lipinski definition) is 1. The fourth-order valence-electron chi connectivity index (χ4n) is 4.00. The molecule has 2 aliphatic rings. The number of aromatic nitrogens is 5. The highest BCUT2D eigenvalue weighted by Crippen LogP contribution is 2.55. The average molecular weight is 326 g/mol. The van der Waals surface area contributed by atoms with Crippen LogP contribution in [0.1, 0.15) is 60.7 Å². The van der Waals surface area contributed by atoms with Crippen LogP contribution in [-0.2, 0) is 6.42 Å². The molecular formula is C17H22N6O. The summed E-state index contributed by atoms with van der Waals surface area (Å²) >= 11 is 0. The first kappa shape index (κ1) is 15.2. The first-order valence-corrected chi connectivity index (χ1v) is 8.68. The number of hydrogen-bond acceptors (Lipinski definition) is 5. The minimum absolute atomic E-state index is 0.0406. The predicted molar refractivity (Wildman–Crippen MR) is 87.3 cm³/mol. The lowest BCUT2D eigenvalue weighted by molar-refractivity contribution is 0.0718. The Morgan fingerprint density at radius 1 is 1.42 bits per heavy atom. The van der Waals surface area contributed by atoms with E-state index in [-0.39, 0.29) is 17.2 Å². The number of nitrogens with zero attached hydrogens (tertiary/aromatic N) is 5. The Hall–Kier alpha value is -2.31. The minimum Gasteiger partial charge on any atom is -0.336 e. The molecule has 7 heteroatoms. The van der Waals surface area contributed by atoms with Gasteiger partial charge in [0.15, 0.2) is 5.82 Å². The van der Waals surface area contributed by atoms with Gasteiger partial charge >= 0.3 is 0 Å². The molecule has 4 rings (SSSR count). The highest BCUT2D eigenvalue weighted by molar-refractivity contribution is 5.92. The maximum atomic E-state index is 12.7. The van der Waals surface area contributed by atoms with Crippen molar-refractivity contribution >= 4 is 5.91 Å². The maximum Gasteiger partial charge on any atom is 0.274 e. The van der Waals surface area contributed by atoms with Gasteiger partial charge in [0.05, 0.1) is 6.20 Å². The second-order valence-electron chi connectivity index (χ2n) is 6.94. The van der Waals surface area contributed by atoms with Gasteiger partial charge in [0.25, 0.3) is 5.91 Å². The third-order valence-electron chi connectivity index (χ3n) is 5.41. The van der Waals surface area contributed by atoms with Crippen molar-refractivity contribution < 1.29 is 4.79 Å². The summed E-state index contributed by atoms with van der Waals surface area (Å²) in [7, 11) is 0. The molecule has 0 aromatic carbocycles. The molecule has 0 radical (unpaired) electrons. The predicted octanol–water partition coefficient (Wildman–Crippen LogP) is 1.96. The van der Waals surface area contributed by atoms with Gasteiger partial charge in [-0.15, -0.1) is 0 Å². The van der Waals surface area contributed by atoms with Crippen LogP contribution < -0.4 is 0 Å². The first-order valence-electron chi connectivity index (χ1n) is 8.68. The number of nitrogens with one attached hydrogen (secondary N) is 1. The van der Waals surface area contributed by atoms with E-state index in [4.69, 9.17) is 4.98 Å². The number of amides is 1. The molecule has 7 nitrogen and oxygen atoms in total. The molecule has 1 atom stereocenters. The van der Waals surface area contributed by atoms with Gasteiger partial charge in [-0.25, -0.2) is 9.97 Å². The highest BCUT2D eigenvalue weighted by atomic mass is 16.2. The largest absolute Gasteiger partial charge is 0.336 e. The fraction of sp³-hybridized carbons (Fsp3) is 0.588. The average Bonchev–Trinajstić information content (AvgIpc) is 3.19. The molecule has 1 unspecified atom stereocenters. The standard InChI is InChI=1S/C17H22N6O/c1-2-4-14-20-15(22-21-14)12-10-23(11-17(12)5-3-6-17)16(24)13-9-18-7-8-19-13/h7-9,12H,2-6,10-11H2,1H3,(H,20,21,22). The molecule has 1 N–H and O–H groups in total. The fourth-order valence-corrected chi connectivity index (χ4v) is 4.00. The minimum atomic E-state index is -0.0406. The van der Waals surface area contributed by atoms with E-state index in [0.717, 1.165) is 43.9 Å². The van der Waals surface area contributed by atoms with Crippen molar-refractivity contribution in [1.29, 1.82) is 0 Å². The topological polar surface area (TPSA) is 87.7 Å². The van der Waals surface area contributed by atoms with Crippen LogP contribution in [0.15, 0.2) is 18.6 Å². The van der Waals surface area contributed by atoms with E-state index in [9.17, 15) is 4.79 Å². The van der Waals surface area contributed by atoms with Gasteiger partial charge in [-0.2, -0.15) is 5.10 Å². The van der Waals surface area contributed by atoms with Crippen LogP contribution in [0.25, 0.3) is 0 Å². The molecule has 1 aliphatic carbocycles. The molecule has 0 bridgehead atoms. The molecular weight excluding hydrogens is 304 g/mol. The molecule has 1 amide bonds. The zero-order valence-electron chi connectivity index (χ0n) is 13.9. The van der Waals surface area contributed by atoms with Crippen molar-refractivity contribution in [2.45, 2.75) is 44.9 Å². The highest BCUT2D eigenvalue weighted by Gasteiger charge is 2.53. The van der Waals surface area contributed by atoms with Crippen molar-refractivity contribution in [3.8, 4) is 0 Å². The van der Waals surface area contributed by atoms with Crippen molar-refractivity contribution in [2.24, 2.45) is 5.41 Å². The monoisotopic (exact) mass is 326 g/mol. The van der Waals surface area contributed by atoms with Gasteiger partial charge in [-0.3, -0.25) is 14.9 Å². The van der Waals surface area contributed by atoms with E-state index in [0.29, 0.717) is 12.2 Å².